The average Bonchev–Trinajstić information content (AvgIpc) is 3.28. The number of benzene rings is 1. The first-order valence-electron chi connectivity index (χ1n) is 7.60. The molecule has 0 unspecified atom stereocenters. The van der Waals surface area contributed by atoms with Crippen LogP contribution in [0.5, 0.6) is 0 Å². The second kappa shape index (κ2) is 7.63. The Bertz CT molecular complexity index is 897. The largest absolute Gasteiger partial charge is 0.459 e. The van der Waals surface area contributed by atoms with Crippen molar-refractivity contribution in [3.05, 3.63) is 82.1 Å². The lowest BCUT2D eigenvalue weighted by molar-refractivity contribution is -0.113. The molecule has 0 aliphatic heterocycles. The van der Waals surface area contributed by atoms with Crippen LogP contribution in [0.25, 0.3) is 6.08 Å². The summed E-state index contributed by atoms with van der Waals surface area (Å²) in [4.78, 5) is 25.7. The van der Waals surface area contributed by atoms with Gasteiger partial charge < -0.3 is 15.1 Å². The molecule has 0 saturated carbocycles. The number of aryl methyl sites for hydroxylation is 1. The molecule has 3 aromatic rings. The maximum Gasteiger partial charge on any atom is 0.291 e. The number of carbonyl (C=O) groups excluding carboxylic acids is 2. The summed E-state index contributed by atoms with van der Waals surface area (Å²) in [6.07, 6.45) is 3.04. The summed E-state index contributed by atoms with van der Waals surface area (Å²) in [5.74, 6) is -0.744. The van der Waals surface area contributed by atoms with Gasteiger partial charge in [-0.25, -0.2) is 0 Å². The van der Waals surface area contributed by atoms with E-state index >= 15 is 0 Å². The maximum atomic E-state index is 12.6. The van der Waals surface area contributed by atoms with E-state index in [0.29, 0.717) is 5.69 Å². The van der Waals surface area contributed by atoms with E-state index in [-0.39, 0.29) is 11.5 Å². The minimum absolute atomic E-state index is 0.139. The molecule has 0 saturated heterocycles. The molecule has 2 aromatic heterocycles. The van der Waals surface area contributed by atoms with Crippen molar-refractivity contribution in [2.75, 3.05) is 5.32 Å². The summed E-state index contributed by atoms with van der Waals surface area (Å²) in [5.41, 5.74) is 1.83. The van der Waals surface area contributed by atoms with Crippen molar-refractivity contribution in [2.45, 2.75) is 6.92 Å². The summed E-state index contributed by atoms with van der Waals surface area (Å²) in [7, 11) is 0. The van der Waals surface area contributed by atoms with E-state index in [1.807, 2.05) is 42.6 Å². The van der Waals surface area contributed by atoms with Crippen LogP contribution < -0.4 is 10.6 Å². The molecule has 0 fully saturated rings. The van der Waals surface area contributed by atoms with Gasteiger partial charge in [0.25, 0.3) is 11.8 Å². The highest BCUT2D eigenvalue weighted by atomic mass is 32.1. The Labute approximate surface area is 149 Å². The zero-order valence-corrected chi connectivity index (χ0v) is 14.3. The Balaban J connectivity index is 1.83. The van der Waals surface area contributed by atoms with Crippen LogP contribution in [0.15, 0.2) is 70.3 Å². The highest BCUT2D eigenvalue weighted by molar-refractivity contribution is 7.10. The molecule has 2 amide bonds. The number of amides is 2. The zero-order chi connectivity index (χ0) is 17.6. The van der Waals surface area contributed by atoms with Gasteiger partial charge in [-0.2, -0.15) is 0 Å². The van der Waals surface area contributed by atoms with Crippen molar-refractivity contribution >= 4 is 34.9 Å². The van der Waals surface area contributed by atoms with Crippen LogP contribution in [0.4, 0.5) is 5.69 Å². The first kappa shape index (κ1) is 16.7. The highest BCUT2D eigenvalue weighted by Gasteiger charge is 2.16. The molecular formula is C19H16N2O3S. The van der Waals surface area contributed by atoms with E-state index < -0.39 is 11.8 Å². The molecule has 1 aromatic carbocycles. The van der Waals surface area contributed by atoms with Gasteiger partial charge in [-0.1, -0.05) is 18.2 Å². The lowest BCUT2D eigenvalue weighted by Gasteiger charge is -2.10. The highest BCUT2D eigenvalue weighted by Crippen LogP contribution is 2.15. The second-order valence-electron chi connectivity index (χ2n) is 5.33. The van der Waals surface area contributed by atoms with Crippen LogP contribution in [0.3, 0.4) is 0 Å². The SMILES string of the molecule is Cc1cccc(NC(=O)/C(=C\c2cccs2)NC(=O)c2ccco2)c1. The van der Waals surface area contributed by atoms with Crippen LogP contribution in [0.2, 0.25) is 0 Å². The average molecular weight is 352 g/mol. The molecule has 0 radical (unpaired) electrons. The normalized spacial score (nSPS) is 11.2. The predicted octanol–water partition coefficient (Wildman–Crippen LogP) is 4.06. The molecule has 0 aliphatic carbocycles. The summed E-state index contributed by atoms with van der Waals surface area (Å²) >= 11 is 1.47. The number of rotatable bonds is 5. The summed E-state index contributed by atoms with van der Waals surface area (Å²) in [6.45, 7) is 1.94. The van der Waals surface area contributed by atoms with Crippen LogP contribution >= 0.6 is 11.3 Å². The number of furan rings is 1. The first-order valence-corrected chi connectivity index (χ1v) is 8.48. The third-order valence-corrected chi connectivity index (χ3v) is 4.16. The van der Waals surface area contributed by atoms with E-state index in [2.05, 4.69) is 10.6 Å². The summed E-state index contributed by atoms with van der Waals surface area (Å²) in [6, 6.07) is 14.3. The van der Waals surface area contributed by atoms with Crippen molar-refractivity contribution in [2.24, 2.45) is 0 Å². The molecule has 5 nitrogen and oxygen atoms in total. The number of hydrogen-bond acceptors (Lipinski definition) is 4. The molecule has 0 atom stereocenters. The fourth-order valence-corrected chi connectivity index (χ4v) is 2.84. The number of hydrogen-bond donors (Lipinski definition) is 2. The Morgan fingerprint density at radius 1 is 1.12 bits per heavy atom. The molecular weight excluding hydrogens is 336 g/mol. The lowest BCUT2D eigenvalue weighted by atomic mass is 10.2. The van der Waals surface area contributed by atoms with E-state index in [9.17, 15) is 9.59 Å². The maximum absolute atomic E-state index is 12.6. The lowest BCUT2D eigenvalue weighted by Crippen LogP contribution is -2.30. The minimum atomic E-state index is -0.479. The molecule has 2 N–H and O–H groups in total. The number of carbonyl (C=O) groups is 2. The molecule has 126 valence electrons. The van der Waals surface area contributed by atoms with Gasteiger partial charge in [0.2, 0.25) is 0 Å². The van der Waals surface area contributed by atoms with Gasteiger partial charge >= 0.3 is 0 Å². The van der Waals surface area contributed by atoms with Crippen molar-refractivity contribution in [1.82, 2.24) is 5.32 Å². The van der Waals surface area contributed by atoms with Gasteiger partial charge in [-0.15, -0.1) is 11.3 Å². The van der Waals surface area contributed by atoms with Gasteiger partial charge in [0, 0.05) is 10.6 Å². The molecule has 0 bridgehead atoms. The first-order chi connectivity index (χ1) is 12.1. The van der Waals surface area contributed by atoms with Gasteiger partial charge in [0.1, 0.15) is 5.70 Å². The van der Waals surface area contributed by atoms with Crippen molar-refractivity contribution in [3.8, 4) is 0 Å². The summed E-state index contributed by atoms with van der Waals surface area (Å²) in [5, 5.41) is 7.31. The third-order valence-electron chi connectivity index (χ3n) is 3.34. The predicted molar refractivity (Wildman–Crippen MR) is 98.3 cm³/mol. The zero-order valence-electron chi connectivity index (χ0n) is 13.5. The van der Waals surface area contributed by atoms with E-state index in [1.165, 1.54) is 23.7 Å². The fourth-order valence-electron chi connectivity index (χ4n) is 2.19. The smallest absolute Gasteiger partial charge is 0.291 e. The number of thiophene rings is 1. The Kier molecular flexibility index (Phi) is 5.11. The topological polar surface area (TPSA) is 71.3 Å². The molecule has 25 heavy (non-hydrogen) atoms. The molecule has 0 aliphatic rings. The molecule has 6 heteroatoms. The van der Waals surface area contributed by atoms with Crippen molar-refractivity contribution in [3.63, 3.8) is 0 Å². The molecule has 3 rings (SSSR count). The van der Waals surface area contributed by atoms with Gasteiger partial charge in [0.15, 0.2) is 5.76 Å². The van der Waals surface area contributed by atoms with E-state index in [4.69, 9.17) is 4.42 Å². The van der Waals surface area contributed by atoms with E-state index in [1.54, 1.807) is 18.2 Å². The molecule has 2 heterocycles. The fraction of sp³-hybridized carbons (Fsp3) is 0.0526. The monoisotopic (exact) mass is 352 g/mol. The Morgan fingerprint density at radius 2 is 2.00 bits per heavy atom. The van der Waals surface area contributed by atoms with E-state index in [0.717, 1.165) is 10.4 Å². The third kappa shape index (κ3) is 4.45. The van der Waals surface area contributed by atoms with Crippen molar-refractivity contribution < 1.29 is 14.0 Å². The second-order valence-corrected chi connectivity index (χ2v) is 6.31. The van der Waals surface area contributed by atoms with Crippen LogP contribution in [-0.4, -0.2) is 11.8 Å². The molecule has 0 spiro atoms. The van der Waals surface area contributed by atoms with Crippen molar-refractivity contribution in [1.29, 1.82) is 0 Å². The standard InChI is InChI=1S/C19H16N2O3S/c1-13-5-2-6-14(11-13)20-18(22)16(12-15-7-4-10-25-15)21-19(23)17-8-3-9-24-17/h2-12H,1H3,(H,20,22)(H,21,23)/b16-12+. The number of anilines is 1. The Morgan fingerprint density at radius 3 is 2.68 bits per heavy atom. The van der Waals surface area contributed by atoms with Gasteiger partial charge in [0.05, 0.1) is 6.26 Å². The Hall–Kier alpha value is -3.12. The minimum Gasteiger partial charge on any atom is -0.459 e. The van der Waals surface area contributed by atoms with Gasteiger partial charge in [-0.3, -0.25) is 9.59 Å². The van der Waals surface area contributed by atoms with Crippen LogP contribution in [0, 0.1) is 6.92 Å². The summed E-state index contributed by atoms with van der Waals surface area (Å²) < 4.78 is 5.08. The van der Waals surface area contributed by atoms with Crippen LogP contribution in [0.1, 0.15) is 21.0 Å². The van der Waals surface area contributed by atoms with Crippen LogP contribution in [-0.2, 0) is 4.79 Å². The van der Waals surface area contributed by atoms with Gasteiger partial charge in [-0.05, 0) is 54.3 Å². The quantitative estimate of drug-likeness (QED) is 0.680. The number of nitrogens with one attached hydrogen (secondary N) is 2.